The van der Waals surface area contributed by atoms with Gasteiger partial charge in [0.15, 0.2) is 0 Å². The predicted octanol–water partition coefficient (Wildman–Crippen LogP) is 0.694. The summed E-state index contributed by atoms with van der Waals surface area (Å²) < 4.78 is 31.4. The lowest BCUT2D eigenvalue weighted by Crippen LogP contribution is -2.48. The van der Waals surface area contributed by atoms with E-state index in [0.29, 0.717) is 5.70 Å². The maximum atomic E-state index is 11.7. The fourth-order valence-electron chi connectivity index (χ4n) is 1.80. The van der Waals surface area contributed by atoms with Gasteiger partial charge in [0.05, 0.1) is 18.2 Å². The van der Waals surface area contributed by atoms with E-state index in [1.807, 2.05) is 30.3 Å². The Kier molecular flexibility index (Phi) is 3.59. The van der Waals surface area contributed by atoms with Crippen LogP contribution in [0.1, 0.15) is 12.5 Å². The molecule has 1 aliphatic rings. The van der Waals surface area contributed by atoms with Crippen LogP contribution in [0.15, 0.2) is 42.2 Å². The molecule has 2 N–H and O–H groups in total. The number of nitrogens with zero attached hydrogens (tertiary/aromatic N) is 1. The summed E-state index contributed by atoms with van der Waals surface area (Å²) in [6.07, 6.45) is 1.42. The predicted molar refractivity (Wildman–Crippen MR) is 69.2 cm³/mol. The molecule has 1 aromatic carbocycles. The second-order valence-electron chi connectivity index (χ2n) is 4.28. The molecule has 1 heterocycles. The Hall–Kier alpha value is -1.86. The Morgan fingerprint density at radius 2 is 2.00 bits per heavy atom. The number of rotatable bonds is 4. The van der Waals surface area contributed by atoms with Crippen molar-refractivity contribution in [3.63, 3.8) is 0 Å². The molecule has 7 heteroatoms. The summed E-state index contributed by atoms with van der Waals surface area (Å²) in [5.41, 5.74) is 1.35. The Morgan fingerprint density at radius 1 is 1.37 bits per heavy atom. The Labute approximate surface area is 111 Å². The molecule has 0 radical (unpaired) electrons. The van der Waals surface area contributed by atoms with Crippen molar-refractivity contribution >= 4 is 16.2 Å². The van der Waals surface area contributed by atoms with Gasteiger partial charge in [-0.25, -0.2) is 4.31 Å². The van der Waals surface area contributed by atoms with Gasteiger partial charge < -0.3 is 5.32 Å². The molecule has 102 valence electrons. The van der Waals surface area contributed by atoms with Crippen molar-refractivity contribution in [2.75, 3.05) is 0 Å². The number of carbonyl (C=O) groups is 1. The van der Waals surface area contributed by atoms with Crippen LogP contribution in [-0.2, 0) is 21.5 Å². The van der Waals surface area contributed by atoms with Crippen molar-refractivity contribution in [2.24, 2.45) is 0 Å². The van der Waals surface area contributed by atoms with Crippen molar-refractivity contribution in [3.05, 3.63) is 47.8 Å². The zero-order valence-electron chi connectivity index (χ0n) is 10.3. The molecule has 0 saturated heterocycles. The second-order valence-corrected chi connectivity index (χ2v) is 5.60. The maximum Gasteiger partial charge on any atom is 0.360 e. The average molecular weight is 282 g/mol. The highest BCUT2D eigenvalue weighted by atomic mass is 32.2. The zero-order valence-corrected chi connectivity index (χ0v) is 11.1. The number of carbonyl (C=O) groups excluding carboxylic acids is 1. The minimum absolute atomic E-state index is 0.219. The normalized spacial score (nSPS) is 18.5. The molecule has 1 aliphatic heterocycles. The highest BCUT2D eigenvalue weighted by Gasteiger charge is 2.34. The molecule has 1 atom stereocenters. The van der Waals surface area contributed by atoms with Crippen LogP contribution in [-0.4, -0.2) is 29.2 Å². The lowest BCUT2D eigenvalue weighted by Gasteiger charge is -2.35. The third-order valence-corrected chi connectivity index (χ3v) is 3.81. The van der Waals surface area contributed by atoms with Crippen molar-refractivity contribution in [1.82, 2.24) is 9.62 Å². The standard InChI is InChI=1S/C12H14N2O4S/c1-9-11(8-14(9)19(16,17)18)13-12(15)7-10-5-3-2-4-6-10/h2-6,8-9H,7H2,1H3,(H,13,15)(H,16,17,18). The van der Waals surface area contributed by atoms with Gasteiger partial charge in [-0.2, -0.15) is 8.42 Å². The first kappa shape index (κ1) is 13.6. The van der Waals surface area contributed by atoms with E-state index in [4.69, 9.17) is 4.55 Å². The van der Waals surface area contributed by atoms with E-state index in [-0.39, 0.29) is 12.3 Å². The summed E-state index contributed by atoms with van der Waals surface area (Å²) in [6.45, 7) is 1.58. The third kappa shape index (κ3) is 3.12. The molecular formula is C12H14N2O4S. The number of amides is 1. The first-order valence-electron chi connectivity index (χ1n) is 5.69. The molecule has 0 spiro atoms. The van der Waals surface area contributed by atoms with Gasteiger partial charge in [-0.3, -0.25) is 9.35 Å². The molecule has 0 aromatic heterocycles. The van der Waals surface area contributed by atoms with Gasteiger partial charge in [0.1, 0.15) is 0 Å². The highest BCUT2D eigenvalue weighted by molar-refractivity contribution is 7.83. The van der Waals surface area contributed by atoms with E-state index in [2.05, 4.69) is 5.32 Å². The van der Waals surface area contributed by atoms with Crippen molar-refractivity contribution in [2.45, 2.75) is 19.4 Å². The monoisotopic (exact) mass is 282 g/mol. The van der Waals surface area contributed by atoms with Crippen LogP contribution in [0.2, 0.25) is 0 Å². The maximum absolute atomic E-state index is 11.7. The number of hydrogen-bond donors (Lipinski definition) is 2. The Morgan fingerprint density at radius 3 is 2.53 bits per heavy atom. The fourth-order valence-corrected chi connectivity index (χ4v) is 2.56. The van der Waals surface area contributed by atoms with Crippen LogP contribution in [0.4, 0.5) is 0 Å². The molecule has 0 saturated carbocycles. The summed E-state index contributed by atoms with van der Waals surface area (Å²) in [5.74, 6) is -0.223. The molecule has 1 aromatic rings. The van der Waals surface area contributed by atoms with Gasteiger partial charge in [0, 0.05) is 6.20 Å². The van der Waals surface area contributed by atoms with Crippen molar-refractivity contribution < 1.29 is 17.8 Å². The van der Waals surface area contributed by atoms with Gasteiger partial charge in [-0.1, -0.05) is 30.3 Å². The molecule has 0 fully saturated rings. The van der Waals surface area contributed by atoms with E-state index in [9.17, 15) is 13.2 Å². The van der Waals surface area contributed by atoms with Crippen LogP contribution in [0.3, 0.4) is 0 Å². The SMILES string of the molecule is CC1C(NC(=O)Cc2ccccc2)=CN1S(=O)(=O)O. The van der Waals surface area contributed by atoms with E-state index < -0.39 is 16.3 Å². The zero-order chi connectivity index (χ0) is 14.0. The van der Waals surface area contributed by atoms with E-state index in [0.717, 1.165) is 9.87 Å². The largest absolute Gasteiger partial charge is 0.360 e. The number of nitrogens with one attached hydrogen (secondary N) is 1. The second kappa shape index (κ2) is 5.02. The fraction of sp³-hybridized carbons (Fsp3) is 0.250. The van der Waals surface area contributed by atoms with Crippen LogP contribution < -0.4 is 5.32 Å². The molecule has 19 heavy (non-hydrogen) atoms. The quantitative estimate of drug-likeness (QED) is 0.796. The van der Waals surface area contributed by atoms with Gasteiger partial charge in [0.2, 0.25) is 5.91 Å². The smallest absolute Gasteiger partial charge is 0.326 e. The Bertz CT molecular complexity index is 610. The first-order valence-corrected chi connectivity index (χ1v) is 7.09. The molecule has 1 amide bonds. The molecular weight excluding hydrogens is 268 g/mol. The van der Waals surface area contributed by atoms with Crippen molar-refractivity contribution in [3.8, 4) is 0 Å². The van der Waals surface area contributed by atoms with Crippen LogP contribution in [0.5, 0.6) is 0 Å². The lowest BCUT2D eigenvalue weighted by atomic mass is 10.1. The average Bonchev–Trinajstić information content (AvgIpc) is 2.33. The summed E-state index contributed by atoms with van der Waals surface area (Å²) >= 11 is 0. The van der Waals surface area contributed by atoms with Crippen LogP contribution in [0, 0.1) is 0 Å². The first-order chi connectivity index (χ1) is 8.88. The Balaban J connectivity index is 1.95. The minimum Gasteiger partial charge on any atom is -0.326 e. The number of hydrogen-bond acceptors (Lipinski definition) is 3. The molecule has 0 aliphatic carbocycles. The van der Waals surface area contributed by atoms with Gasteiger partial charge >= 0.3 is 10.3 Å². The summed E-state index contributed by atoms with van der Waals surface area (Å²) in [6, 6.07) is 8.66. The summed E-state index contributed by atoms with van der Waals surface area (Å²) in [5, 5.41) is 2.62. The molecule has 2 rings (SSSR count). The topological polar surface area (TPSA) is 86.7 Å². The van der Waals surface area contributed by atoms with Gasteiger partial charge in [0.25, 0.3) is 0 Å². The highest BCUT2D eigenvalue weighted by Crippen LogP contribution is 2.23. The molecule has 6 nitrogen and oxygen atoms in total. The van der Waals surface area contributed by atoms with E-state index in [1.165, 1.54) is 6.20 Å². The van der Waals surface area contributed by atoms with Crippen molar-refractivity contribution in [1.29, 1.82) is 0 Å². The van der Waals surface area contributed by atoms with E-state index in [1.54, 1.807) is 6.92 Å². The van der Waals surface area contributed by atoms with Gasteiger partial charge in [-0.15, -0.1) is 0 Å². The van der Waals surface area contributed by atoms with Crippen LogP contribution >= 0.6 is 0 Å². The van der Waals surface area contributed by atoms with Crippen LogP contribution in [0.25, 0.3) is 0 Å². The van der Waals surface area contributed by atoms with Gasteiger partial charge in [-0.05, 0) is 12.5 Å². The third-order valence-electron chi connectivity index (χ3n) is 2.86. The summed E-state index contributed by atoms with van der Waals surface area (Å²) in [4.78, 5) is 11.7. The lowest BCUT2D eigenvalue weighted by molar-refractivity contribution is -0.120. The summed E-state index contributed by atoms with van der Waals surface area (Å²) in [7, 11) is -4.24. The van der Waals surface area contributed by atoms with E-state index >= 15 is 0 Å². The minimum atomic E-state index is -4.24. The molecule has 1 unspecified atom stereocenters. The number of benzene rings is 1. The molecule has 0 bridgehead atoms.